The summed E-state index contributed by atoms with van der Waals surface area (Å²) in [6, 6.07) is 7.25. The molecule has 7 nitrogen and oxygen atoms in total. The van der Waals surface area contributed by atoms with E-state index in [0.717, 1.165) is 41.3 Å². The standard InChI is InChI=1S/C25H21F2N7/c1-16-9-17(12-28-11-16)18-13-29-34(15-18)23-14-30-33-8-6-24(31-25(23)33)32-7-2-3-22(32)20-10-19(26)4-5-21(20)27/h4-6,8-15,22H,2-3,7H2,1H3/t22-/m1/s1. The van der Waals surface area contributed by atoms with E-state index < -0.39 is 11.6 Å². The van der Waals surface area contributed by atoms with Gasteiger partial charge in [0.1, 0.15) is 23.1 Å². The first-order valence-electron chi connectivity index (χ1n) is 11.1. The minimum atomic E-state index is -0.442. The van der Waals surface area contributed by atoms with Crippen LogP contribution in [0.5, 0.6) is 0 Å². The molecule has 9 heteroatoms. The number of anilines is 1. The molecule has 34 heavy (non-hydrogen) atoms. The fourth-order valence-corrected chi connectivity index (χ4v) is 4.62. The van der Waals surface area contributed by atoms with Gasteiger partial charge < -0.3 is 4.90 Å². The van der Waals surface area contributed by atoms with Crippen LogP contribution in [0.3, 0.4) is 0 Å². The molecule has 0 aliphatic carbocycles. The molecule has 0 N–H and O–H groups in total. The Kier molecular flexibility index (Phi) is 4.83. The lowest BCUT2D eigenvalue weighted by Crippen LogP contribution is -2.24. The van der Waals surface area contributed by atoms with Crippen molar-refractivity contribution in [2.45, 2.75) is 25.8 Å². The Labute approximate surface area is 194 Å². The average molecular weight is 457 g/mol. The lowest BCUT2D eigenvalue weighted by atomic mass is 10.0. The van der Waals surface area contributed by atoms with Gasteiger partial charge in [0, 0.05) is 48.0 Å². The molecule has 1 fully saturated rings. The summed E-state index contributed by atoms with van der Waals surface area (Å²) < 4.78 is 31.8. The Morgan fingerprint density at radius 3 is 2.76 bits per heavy atom. The van der Waals surface area contributed by atoms with E-state index in [1.54, 1.807) is 27.8 Å². The number of aromatic nitrogens is 6. The fourth-order valence-electron chi connectivity index (χ4n) is 4.62. The van der Waals surface area contributed by atoms with Crippen LogP contribution < -0.4 is 4.90 Å². The molecule has 1 aliphatic heterocycles. The molecule has 1 aromatic carbocycles. The third-order valence-corrected chi connectivity index (χ3v) is 6.24. The second-order valence-corrected chi connectivity index (χ2v) is 8.53. The number of hydrogen-bond acceptors (Lipinski definition) is 5. The van der Waals surface area contributed by atoms with Gasteiger partial charge >= 0.3 is 0 Å². The summed E-state index contributed by atoms with van der Waals surface area (Å²) in [5.74, 6) is -0.155. The zero-order valence-corrected chi connectivity index (χ0v) is 18.4. The van der Waals surface area contributed by atoms with Crippen LogP contribution in [0.4, 0.5) is 14.6 Å². The maximum Gasteiger partial charge on any atom is 0.183 e. The van der Waals surface area contributed by atoms with E-state index in [1.165, 1.54) is 12.1 Å². The molecule has 1 atom stereocenters. The Hall–Kier alpha value is -4.14. The van der Waals surface area contributed by atoms with Crippen LogP contribution in [0.2, 0.25) is 0 Å². The summed E-state index contributed by atoms with van der Waals surface area (Å²) in [4.78, 5) is 11.1. The van der Waals surface area contributed by atoms with Crippen molar-refractivity contribution in [2.75, 3.05) is 11.4 Å². The molecular weight excluding hydrogens is 436 g/mol. The van der Waals surface area contributed by atoms with Crippen LogP contribution in [-0.2, 0) is 0 Å². The van der Waals surface area contributed by atoms with Crippen molar-refractivity contribution >= 4 is 11.5 Å². The number of hydrogen-bond donors (Lipinski definition) is 0. The molecule has 170 valence electrons. The fraction of sp³-hybridized carbons (Fsp3) is 0.200. The second kappa shape index (κ2) is 8.02. The van der Waals surface area contributed by atoms with Gasteiger partial charge in [-0.1, -0.05) is 0 Å². The largest absolute Gasteiger partial charge is 0.349 e. The van der Waals surface area contributed by atoms with E-state index >= 15 is 0 Å². The quantitative estimate of drug-likeness (QED) is 0.384. The van der Waals surface area contributed by atoms with Gasteiger partial charge in [-0.25, -0.2) is 23.0 Å². The van der Waals surface area contributed by atoms with Gasteiger partial charge in [-0.3, -0.25) is 4.98 Å². The van der Waals surface area contributed by atoms with E-state index in [-0.39, 0.29) is 6.04 Å². The number of fused-ring (bicyclic) bond motifs is 1. The van der Waals surface area contributed by atoms with E-state index in [0.29, 0.717) is 23.6 Å². The highest BCUT2D eigenvalue weighted by Gasteiger charge is 2.30. The van der Waals surface area contributed by atoms with Gasteiger partial charge in [-0.05, 0) is 55.7 Å². The third kappa shape index (κ3) is 3.49. The van der Waals surface area contributed by atoms with Gasteiger partial charge in [-0.15, -0.1) is 0 Å². The van der Waals surface area contributed by atoms with Crippen LogP contribution in [0.1, 0.15) is 30.0 Å². The molecule has 1 saturated heterocycles. The van der Waals surface area contributed by atoms with Crippen LogP contribution in [0, 0.1) is 18.6 Å². The van der Waals surface area contributed by atoms with Crippen molar-refractivity contribution in [3.05, 3.63) is 90.3 Å². The average Bonchev–Trinajstić information content (AvgIpc) is 3.59. The Morgan fingerprint density at radius 1 is 0.971 bits per heavy atom. The molecule has 0 unspecified atom stereocenters. The summed E-state index contributed by atoms with van der Waals surface area (Å²) in [7, 11) is 0. The van der Waals surface area contributed by atoms with Crippen molar-refractivity contribution < 1.29 is 8.78 Å². The molecule has 5 aromatic rings. The number of halogens is 2. The Morgan fingerprint density at radius 2 is 1.88 bits per heavy atom. The zero-order valence-electron chi connectivity index (χ0n) is 18.4. The first-order chi connectivity index (χ1) is 16.6. The molecule has 1 aliphatic rings. The Balaban J connectivity index is 1.38. The highest BCUT2D eigenvalue weighted by Crippen LogP contribution is 2.37. The summed E-state index contributed by atoms with van der Waals surface area (Å²) in [5.41, 5.74) is 4.70. The van der Waals surface area contributed by atoms with Crippen molar-refractivity contribution in [3.63, 3.8) is 0 Å². The number of nitrogens with zero attached hydrogens (tertiary/aromatic N) is 7. The normalized spacial score (nSPS) is 16.0. The minimum Gasteiger partial charge on any atom is -0.349 e. The topological polar surface area (TPSA) is 64.1 Å². The van der Waals surface area contributed by atoms with E-state index in [2.05, 4.69) is 21.2 Å². The molecule has 0 spiro atoms. The highest BCUT2D eigenvalue weighted by molar-refractivity contribution is 5.65. The van der Waals surface area contributed by atoms with E-state index in [4.69, 9.17) is 4.98 Å². The molecule has 6 rings (SSSR count). The maximum atomic E-state index is 14.5. The summed E-state index contributed by atoms with van der Waals surface area (Å²) >= 11 is 0. The van der Waals surface area contributed by atoms with E-state index in [9.17, 15) is 8.78 Å². The SMILES string of the molecule is Cc1cncc(-c2cnn(-c3cnn4ccc(N5CCC[C@@H]5c5cc(F)ccc5F)nc34)c2)c1. The van der Waals surface area contributed by atoms with Gasteiger partial charge in [0.2, 0.25) is 0 Å². The molecule has 0 radical (unpaired) electrons. The van der Waals surface area contributed by atoms with Crippen molar-refractivity contribution in [1.82, 2.24) is 29.4 Å². The molecule has 0 amide bonds. The predicted octanol–water partition coefficient (Wildman–Crippen LogP) is 4.91. The van der Waals surface area contributed by atoms with Crippen LogP contribution in [0.15, 0.2) is 67.5 Å². The first-order valence-corrected chi connectivity index (χ1v) is 11.1. The maximum absolute atomic E-state index is 14.5. The summed E-state index contributed by atoms with van der Waals surface area (Å²) in [6.45, 7) is 2.71. The van der Waals surface area contributed by atoms with Crippen LogP contribution in [0.25, 0.3) is 22.5 Å². The monoisotopic (exact) mass is 457 g/mol. The van der Waals surface area contributed by atoms with Gasteiger partial charge in [-0.2, -0.15) is 10.2 Å². The lowest BCUT2D eigenvalue weighted by molar-refractivity contribution is 0.560. The predicted molar refractivity (Wildman–Crippen MR) is 124 cm³/mol. The molecule has 5 heterocycles. The van der Waals surface area contributed by atoms with Gasteiger partial charge in [0.25, 0.3) is 0 Å². The van der Waals surface area contributed by atoms with Crippen molar-refractivity contribution in [1.29, 1.82) is 0 Å². The van der Waals surface area contributed by atoms with Gasteiger partial charge in [0.05, 0.1) is 18.4 Å². The molecular formula is C25H21F2N7. The minimum absolute atomic E-state index is 0.276. The highest BCUT2D eigenvalue weighted by atomic mass is 19.1. The first kappa shape index (κ1) is 20.5. The molecule has 0 bridgehead atoms. The number of aryl methyl sites for hydroxylation is 1. The van der Waals surface area contributed by atoms with Crippen LogP contribution in [-0.4, -0.2) is 35.9 Å². The number of benzene rings is 1. The molecule has 4 aromatic heterocycles. The number of pyridine rings is 1. The third-order valence-electron chi connectivity index (χ3n) is 6.24. The van der Waals surface area contributed by atoms with Crippen molar-refractivity contribution in [2.24, 2.45) is 0 Å². The smallest absolute Gasteiger partial charge is 0.183 e. The zero-order chi connectivity index (χ0) is 23.2. The van der Waals surface area contributed by atoms with Crippen molar-refractivity contribution in [3.8, 4) is 16.8 Å². The van der Waals surface area contributed by atoms with Gasteiger partial charge in [0.15, 0.2) is 5.65 Å². The summed E-state index contributed by atoms with van der Waals surface area (Å²) in [5, 5.41) is 8.93. The molecule has 0 saturated carbocycles. The number of rotatable bonds is 4. The second-order valence-electron chi connectivity index (χ2n) is 8.53. The van der Waals surface area contributed by atoms with E-state index in [1.807, 2.05) is 36.5 Å². The lowest BCUT2D eigenvalue weighted by Gasteiger charge is -2.26. The van der Waals surface area contributed by atoms with Crippen LogP contribution >= 0.6 is 0 Å². The Bertz CT molecular complexity index is 1510. The summed E-state index contributed by atoms with van der Waals surface area (Å²) in [6.07, 6.45) is 12.5.